The van der Waals surface area contributed by atoms with Crippen LogP contribution in [-0.2, 0) is 5.41 Å². The second-order valence-electron chi connectivity index (χ2n) is 6.93. The van der Waals surface area contributed by atoms with E-state index in [1.165, 1.54) is 11.1 Å². The summed E-state index contributed by atoms with van der Waals surface area (Å²) in [6.45, 7) is 8.79. The molecule has 1 aromatic heterocycles. The van der Waals surface area contributed by atoms with Crippen molar-refractivity contribution in [3.05, 3.63) is 59.7 Å². The Morgan fingerprint density at radius 1 is 0.909 bits per heavy atom. The lowest BCUT2D eigenvalue weighted by molar-refractivity contribution is 0.590. The molecule has 0 amide bonds. The van der Waals surface area contributed by atoms with E-state index in [9.17, 15) is 0 Å². The number of hydrogen-bond donors (Lipinski definition) is 1. The normalized spacial score (nSPS) is 11.8. The van der Waals surface area contributed by atoms with E-state index >= 15 is 0 Å². The summed E-state index contributed by atoms with van der Waals surface area (Å²) in [5.74, 6) is 0. The highest BCUT2D eigenvalue weighted by Gasteiger charge is 2.14. The summed E-state index contributed by atoms with van der Waals surface area (Å²) in [5, 5.41) is 1.13. The zero-order chi connectivity index (χ0) is 15.9. The van der Waals surface area contributed by atoms with E-state index in [2.05, 4.69) is 58.0 Å². The summed E-state index contributed by atoms with van der Waals surface area (Å²) in [6, 6.07) is 16.8. The Labute approximate surface area is 132 Å². The number of fused-ring (bicyclic) bond motifs is 1. The summed E-state index contributed by atoms with van der Waals surface area (Å²) >= 11 is 0. The molecule has 2 N–H and O–H groups in total. The molecule has 1 heterocycles. The lowest BCUT2D eigenvalue weighted by atomic mass is 9.86. The van der Waals surface area contributed by atoms with Gasteiger partial charge in [0.1, 0.15) is 0 Å². The van der Waals surface area contributed by atoms with Gasteiger partial charge in [0.05, 0.1) is 11.2 Å². The maximum absolute atomic E-state index is 5.88. The minimum Gasteiger partial charge on any atom is -0.399 e. The number of nitrogens with two attached hydrogens (primary N) is 1. The number of benzene rings is 2. The summed E-state index contributed by atoms with van der Waals surface area (Å²) in [6.07, 6.45) is 0. The molecule has 0 saturated heterocycles. The summed E-state index contributed by atoms with van der Waals surface area (Å²) in [7, 11) is 0. The Morgan fingerprint density at radius 3 is 2.23 bits per heavy atom. The Bertz CT molecular complexity index is 825. The highest BCUT2D eigenvalue weighted by Crippen LogP contribution is 2.29. The molecule has 0 bridgehead atoms. The first-order chi connectivity index (χ1) is 10.3. The zero-order valence-corrected chi connectivity index (χ0v) is 13.6. The van der Waals surface area contributed by atoms with Gasteiger partial charge in [-0.25, -0.2) is 4.98 Å². The van der Waals surface area contributed by atoms with Crippen LogP contribution in [0.2, 0.25) is 0 Å². The highest BCUT2D eigenvalue weighted by atomic mass is 14.7. The van der Waals surface area contributed by atoms with Gasteiger partial charge in [0.25, 0.3) is 0 Å². The molecule has 0 aliphatic heterocycles. The van der Waals surface area contributed by atoms with Gasteiger partial charge in [-0.15, -0.1) is 0 Å². The van der Waals surface area contributed by atoms with Gasteiger partial charge >= 0.3 is 0 Å². The molecule has 0 saturated carbocycles. The van der Waals surface area contributed by atoms with Crippen LogP contribution in [0.1, 0.15) is 31.9 Å². The molecule has 0 radical (unpaired) electrons. The van der Waals surface area contributed by atoms with Crippen LogP contribution in [0.5, 0.6) is 0 Å². The first-order valence-corrected chi connectivity index (χ1v) is 7.62. The average molecular weight is 290 g/mol. The van der Waals surface area contributed by atoms with Crippen molar-refractivity contribution in [1.29, 1.82) is 0 Å². The van der Waals surface area contributed by atoms with Gasteiger partial charge in [0.15, 0.2) is 0 Å². The number of pyridine rings is 1. The van der Waals surface area contributed by atoms with Gasteiger partial charge in [-0.3, -0.25) is 0 Å². The summed E-state index contributed by atoms with van der Waals surface area (Å²) in [4.78, 5) is 4.82. The first-order valence-electron chi connectivity index (χ1n) is 7.62. The standard InChI is InChI=1S/C20H22N2/c1-13-11-15-7-10-17(21)12-18(15)22-19(13)14-5-8-16(9-6-14)20(2,3)4/h5-12H,21H2,1-4H3. The number of anilines is 1. The highest BCUT2D eigenvalue weighted by molar-refractivity contribution is 5.85. The topological polar surface area (TPSA) is 38.9 Å². The quantitative estimate of drug-likeness (QED) is 0.634. The molecule has 3 aromatic rings. The van der Waals surface area contributed by atoms with E-state index in [1.54, 1.807) is 0 Å². The van der Waals surface area contributed by atoms with E-state index in [4.69, 9.17) is 10.7 Å². The lowest BCUT2D eigenvalue weighted by Gasteiger charge is -2.19. The molecule has 112 valence electrons. The fraction of sp³-hybridized carbons (Fsp3) is 0.250. The van der Waals surface area contributed by atoms with E-state index in [0.717, 1.165) is 27.8 Å². The Balaban J connectivity index is 2.11. The van der Waals surface area contributed by atoms with Crippen LogP contribution in [-0.4, -0.2) is 4.98 Å². The SMILES string of the molecule is Cc1cc2ccc(N)cc2nc1-c1ccc(C(C)(C)C)cc1. The molecule has 0 aliphatic carbocycles. The maximum Gasteiger partial charge on any atom is 0.0738 e. The molecule has 0 fully saturated rings. The van der Waals surface area contributed by atoms with Crippen LogP contribution >= 0.6 is 0 Å². The van der Waals surface area contributed by atoms with Crippen LogP contribution in [0.4, 0.5) is 5.69 Å². The van der Waals surface area contributed by atoms with Gasteiger partial charge in [0, 0.05) is 16.6 Å². The number of nitrogens with zero attached hydrogens (tertiary/aromatic N) is 1. The third kappa shape index (κ3) is 2.69. The molecule has 0 spiro atoms. The smallest absolute Gasteiger partial charge is 0.0738 e. The number of aryl methyl sites for hydroxylation is 1. The van der Waals surface area contributed by atoms with Crippen molar-refractivity contribution in [2.75, 3.05) is 5.73 Å². The van der Waals surface area contributed by atoms with Crippen molar-refractivity contribution in [2.45, 2.75) is 33.1 Å². The number of aromatic nitrogens is 1. The molecule has 22 heavy (non-hydrogen) atoms. The van der Waals surface area contributed by atoms with Gasteiger partial charge in [-0.05, 0) is 41.7 Å². The van der Waals surface area contributed by atoms with Crippen molar-refractivity contribution < 1.29 is 0 Å². The molecule has 2 heteroatoms. The van der Waals surface area contributed by atoms with Crippen molar-refractivity contribution in [3.8, 4) is 11.3 Å². The second kappa shape index (κ2) is 5.13. The van der Waals surface area contributed by atoms with Crippen LogP contribution < -0.4 is 5.73 Å². The van der Waals surface area contributed by atoms with Gasteiger partial charge < -0.3 is 5.73 Å². The predicted octanol–water partition coefficient (Wildman–Crippen LogP) is 5.09. The molecular formula is C20H22N2. The van der Waals surface area contributed by atoms with E-state index in [0.29, 0.717) is 0 Å². The van der Waals surface area contributed by atoms with Gasteiger partial charge in [0.2, 0.25) is 0 Å². The fourth-order valence-electron chi connectivity index (χ4n) is 2.71. The molecule has 3 rings (SSSR count). The minimum atomic E-state index is 0.166. The van der Waals surface area contributed by atoms with Crippen LogP contribution in [0.25, 0.3) is 22.2 Å². The Kier molecular flexibility index (Phi) is 3.40. The van der Waals surface area contributed by atoms with Gasteiger partial charge in [-0.2, -0.15) is 0 Å². The zero-order valence-electron chi connectivity index (χ0n) is 13.6. The first kappa shape index (κ1) is 14.6. The molecule has 0 aliphatic rings. The minimum absolute atomic E-state index is 0.166. The third-order valence-corrected chi connectivity index (χ3v) is 4.06. The summed E-state index contributed by atoms with van der Waals surface area (Å²) < 4.78 is 0. The van der Waals surface area contributed by atoms with E-state index in [-0.39, 0.29) is 5.41 Å². The monoisotopic (exact) mass is 290 g/mol. The molecule has 0 unspecified atom stereocenters. The number of rotatable bonds is 1. The lowest BCUT2D eigenvalue weighted by Crippen LogP contribution is -2.10. The van der Waals surface area contributed by atoms with E-state index in [1.807, 2.05) is 18.2 Å². The predicted molar refractivity (Wildman–Crippen MR) is 95.0 cm³/mol. The number of nitrogen functional groups attached to an aromatic ring is 1. The summed E-state index contributed by atoms with van der Waals surface area (Å²) in [5.41, 5.74) is 12.4. The Morgan fingerprint density at radius 2 is 1.59 bits per heavy atom. The molecule has 2 aromatic carbocycles. The van der Waals surface area contributed by atoms with Crippen LogP contribution in [0, 0.1) is 6.92 Å². The molecule has 2 nitrogen and oxygen atoms in total. The Hall–Kier alpha value is -2.35. The largest absolute Gasteiger partial charge is 0.399 e. The maximum atomic E-state index is 5.88. The van der Waals surface area contributed by atoms with Crippen molar-refractivity contribution in [2.24, 2.45) is 0 Å². The van der Waals surface area contributed by atoms with Crippen molar-refractivity contribution in [1.82, 2.24) is 4.98 Å². The van der Waals surface area contributed by atoms with Crippen molar-refractivity contribution >= 4 is 16.6 Å². The van der Waals surface area contributed by atoms with Gasteiger partial charge in [-0.1, -0.05) is 51.1 Å². The van der Waals surface area contributed by atoms with Crippen molar-refractivity contribution in [3.63, 3.8) is 0 Å². The number of hydrogen-bond acceptors (Lipinski definition) is 2. The van der Waals surface area contributed by atoms with Crippen LogP contribution in [0.15, 0.2) is 48.5 Å². The second-order valence-corrected chi connectivity index (χ2v) is 6.93. The third-order valence-electron chi connectivity index (χ3n) is 4.06. The molecular weight excluding hydrogens is 268 g/mol. The fourth-order valence-corrected chi connectivity index (χ4v) is 2.71. The van der Waals surface area contributed by atoms with E-state index < -0.39 is 0 Å². The van der Waals surface area contributed by atoms with Crippen LogP contribution in [0.3, 0.4) is 0 Å². The molecule has 0 atom stereocenters. The average Bonchev–Trinajstić information content (AvgIpc) is 2.46.